The molecule has 1 aromatic carbocycles. The average Bonchev–Trinajstić information content (AvgIpc) is 2.90. The lowest BCUT2D eigenvalue weighted by Gasteiger charge is -2.14. The van der Waals surface area contributed by atoms with Crippen LogP contribution in [0.3, 0.4) is 0 Å². The second-order valence-electron chi connectivity index (χ2n) is 5.08. The standard InChI is InChI=1S/C15H18N4O/c20-14(10-9-12-6-2-1-3-7-12)16-15-18-17-13-8-4-5-11-19(13)15/h1-3,6-7H,4-5,8-11H2,(H,16,18,20). The Kier molecular flexibility index (Phi) is 3.76. The molecule has 0 aliphatic carbocycles. The zero-order valence-electron chi connectivity index (χ0n) is 11.4. The van der Waals surface area contributed by atoms with Crippen molar-refractivity contribution in [2.45, 2.75) is 38.6 Å². The minimum absolute atomic E-state index is 0.00498. The van der Waals surface area contributed by atoms with E-state index >= 15 is 0 Å². The smallest absolute Gasteiger partial charge is 0.231 e. The van der Waals surface area contributed by atoms with Crippen molar-refractivity contribution in [1.82, 2.24) is 14.8 Å². The Labute approximate surface area is 118 Å². The lowest BCUT2D eigenvalue weighted by molar-refractivity contribution is -0.116. The van der Waals surface area contributed by atoms with Gasteiger partial charge in [-0.2, -0.15) is 0 Å². The number of hydrogen-bond donors (Lipinski definition) is 1. The molecule has 1 aliphatic heterocycles. The van der Waals surface area contributed by atoms with E-state index in [0.717, 1.165) is 38.1 Å². The second-order valence-corrected chi connectivity index (χ2v) is 5.08. The first kappa shape index (κ1) is 12.8. The number of benzene rings is 1. The van der Waals surface area contributed by atoms with Crippen molar-refractivity contribution in [3.05, 3.63) is 41.7 Å². The number of amides is 1. The minimum Gasteiger partial charge on any atom is -0.297 e. The molecule has 5 heteroatoms. The number of nitrogens with one attached hydrogen (secondary N) is 1. The normalized spacial score (nSPS) is 13.8. The first-order valence-electron chi connectivity index (χ1n) is 7.09. The Bertz CT molecular complexity index is 591. The summed E-state index contributed by atoms with van der Waals surface area (Å²) in [5.74, 6) is 1.57. The van der Waals surface area contributed by atoms with Crippen LogP contribution in [0.1, 0.15) is 30.7 Å². The molecular formula is C15H18N4O. The van der Waals surface area contributed by atoms with Crippen LogP contribution in [-0.2, 0) is 24.2 Å². The number of aryl methyl sites for hydroxylation is 2. The van der Waals surface area contributed by atoms with E-state index in [-0.39, 0.29) is 5.91 Å². The summed E-state index contributed by atoms with van der Waals surface area (Å²) >= 11 is 0. The Morgan fingerprint density at radius 2 is 2.05 bits per heavy atom. The summed E-state index contributed by atoms with van der Waals surface area (Å²) in [6.45, 7) is 0.899. The maximum absolute atomic E-state index is 12.0. The minimum atomic E-state index is -0.00498. The number of carbonyl (C=O) groups excluding carboxylic acids is 1. The molecule has 104 valence electrons. The van der Waals surface area contributed by atoms with Crippen molar-refractivity contribution in [2.75, 3.05) is 5.32 Å². The molecule has 0 fully saturated rings. The molecule has 1 amide bonds. The van der Waals surface area contributed by atoms with Crippen LogP contribution >= 0.6 is 0 Å². The summed E-state index contributed by atoms with van der Waals surface area (Å²) in [5.41, 5.74) is 1.17. The van der Waals surface area contributed by atoms with Crippen LogP contribution in [-0.4, -0.2) is 20.7 Å². The molecule has 3 rings (SSSR count). The Morgan fingerprint density at radius 3 is 2.90 bits per heavy atom. The lowest BCUT2D eigenvalue weighted by atomic mass is 10.1. The van der Waals surface area contributed by atoms with Crippen molar-refractivity contribution >= 4 is 11.9 Å². The molecular weight excluding hydrogens is 252 g/mol. The van der Waals surface area contributed by atoms with Gasteiger partial charge in [0.05, 0.1) is 0 Å². The first-order valence-corrected chi connectivity index (χ1v) is 7.09. The van der Waals surface area contributed by atoms with Crippen LogP contribution in [0.4, 0.5) is 5.95 Å². The number of rotatable bonds is 4. The van der Waals surface area contributed by atoms with Gasteiger partial charge < -0.3 is 0 Å². The highest BCUT2D eigenvalue weighted by Crippen LogP contribution is 2.17. The number of anilines is 1. The average molecular weight is 270 g/mol. The largest absolute Gasteiger partial charge is 0.297 e. The van der Waals surface area contributed by atoms with Gasteiger partial charge in [-0.15, -0.1) is 10.2 Å². The summed E-state index contributed by atoms with van der Waals surface area (Å²) < 4.78 is 2.02. The van der Waals surface area contributed by atoms with Crippen LogP contribution in [0.15, 0.2) is 30.3 Å². The summed E-state index contributed by atoms with van der Waals surface area (Å²) in [5, 5.41) is 11.1. The van der Waals surface area contributed by atoms with Crippen molar-refractivity contribution in [2.24, 2.45) is 0 Å². The molecule has 0 spiro atoms. The van der Waals surface area contributed by atoms with E-state index < -0.39 is 0 Å². The molecule has 0 atom stereocenters. The molecule has 1 N–H and O–H groups in total. The van der Waals surface area contributed by atoms with Crippen LogP contribution in [0.5, 0.6) is 0 Å². The van der Waals surface area contributed by atoms with Crippen LogP contribution in [0.2, 0.25) is 0 Å². The Hall–Kier alpha value is -2.17. The van der Waals surface area contributed by atoms with E-state index in [0.29, 0.717) is 12.4 Å². The van der Waals surface area contributed by atoms with Gasteiger partial charge in [-0.05, 0) is 24.8 Å². The monoisotopic (exact) mass is 270 g/mol. The van der Waals surface area contributed by atoms with Gasteiger partial charge in [-0.25, -0.2) is 0 Å². The fourth-order valence-electron chi connectivity index (χ4n) is 2.49. The quantitative estimate of drug-likeness (QED) is 0.926. The van der Waals surface area contributed by atoms with E-state index in [1.807, 2.05) is 34.9 Å². The number of hydrogen-bond acceptors (Lipinski definition) is 3. The number of nitrogens with zero attached hydrogens (tertiary/aromatic N) is 3. The van der Waals surface area contributed by atoms with Gasteiger partial charge in [0.15, 0.2) is 0 Å². The van der Waals surface area contributed by atoms with E-state index in [2.05, 4.69) is 15.5 Å². The van der Waals surface area contributed by atoms with Crippen LogP contribution in [0.25, 0.3) is 0 Å². The number of aromatic nitrogens is 3. The molecule has 0 radical (unpaired) electrons. The van der Waals surface area contributed by atoms with E-state index in [1.54, 1.807) is 0 Å². The summed E-state index contributed by atoms with van der Waals surface area (Å²) in [7, 11) is 0. The van der Waals surface area contributed by atoms with Crippen molar-refractivity contribution in [3.8, 4) is 0 Å². The second kappa shape index (κ2) is 5.86. The van der Waals surface area contributed by atoms with Gasteiger partial charge in [0, 0.05) is 19.4 Å². The predicted molar refractivity (Wildman–Crippen MR) is 76.4 cm³/mol. The Balaban J connectivity index is 1.58. The molecule has 1 aromatic heterocycles. The Morgan fingerprint density at radius 1 is 1.20 bits per heavy atom. The molecule has 5 nitrogen and oxygen atoms in total. The number of carbonyl (C=O) groups is 1. The van der Waals surface area contributed by atoms with E-state index in [1.165, 1.54) is 5.56 Å². The third kappa shape index (κ3) is 2.87. The van der Waals surface area contributed by atoms with Gasteiger partial charge in [0.2, 0.25) is 11.9 Å². The summed E-state index contributed by atoms with van der Waals surface area (Å²) in [6, 6.07) is 10.0. The number of fused-ring (bicyclic) bond motifs is 1. The van der Waals surface area contributed by atoms with Crippen molar-refractivity contribution in [1.29, 1.82) is 0 Å². The van der Waals surface area contributed by atoms with Crippen LogP contribution in [0, 0.1) is 0 Å². The highest BCUT2D eigenvalue weighted by molar-refractivity contribution is 5.89. The highest BCUT2D eigenvalue weighted by atomic mass is 16.1. The van der Waals surface area contributed by atoms with E-state index in [4.69, 9.17) is 0 Å². The van der Waals surface area contributed by atoms with Gasteiger partial charge in [0.25, 0.3) is 0 Å². The maximum Gasteiger partial charge on any atom is 0.231 e. The molecule has 0 saturated heterocycles. The molecule has 0 saturated carbocycles. The highest BCUT2D eigenvalue weighted by Gasteiger charge is 2.16. The summed E-state index contributed by atoms with van der Waals surface area (Å²) in [6.07, 6.45) is 4.44. The molecule has 2 heterocycles. The lowest BCUT2D eigenvalue weighted by Crippen LogP contribution is -2.18. The zero-order chi connectivity index (χ0) is 13.8. The van der Waals surface area contributed by atoms with Gasteiger partial charge in [-0.1, -0.05) is 30.3 Å². The predicted octanol–water partition coefficient (Wildman–Crippen LogP) is 2.19. The molecule has 0 unspecified atom stereocenters. The molecule has 1 aliphatic rings. The maximum atomic E-state index is 12.0. The molecule has 2 aromatic rings. The van der Waals surface area contributed by atoms with Crippen molar-refractivity contribution in [3.63, 3.8) is 0 Å². The van der Waals surface area contributed by atoms with Crippen LogP contribution < -0.4 is 5.32 Å². The summed E-state index contributed by atoms with van der Waals surface area (Å²) in [4.78, 5) is 12.0. The van der Waals surface area contributed by atoms with E-state index in [9.17, 15) is 4.79 Å². The van der Waals surface area contributed by atoms with Gasteiger partial charge >= 0.3 is 0 Å². The zero-order valence-corrected chi connectivity index (χ0v) is 11.4. The topological polar surface area (TPSA) is 59.8 Å². The fraction of sp³-hybridized carbons (Fsp3) is 0.400. The van der Waals surface area contributed by atoms with Crippen molar-refractivity contribution < 1.29 is 4.79 Å². The molecule has 0 bridgehead atoms. The fourth-order valence-corrected chi connectivity index (χ4v) is 2.49. The first-order chi connectivity index (χ1) is 9.83. The van der Waals surface area contributed by atoms with Gasteiger partial charge in [0.1, 0.15) is 5.82 Å². The third-order valence-electron chi connectivity index (χ3n) is 3.59. The van der Waals surface area contributed by atoms with Gasteiger partial charge in [-0.3, -0.25) is 14.7 Å². The SMILES string of the molecule is O=C(CCc1ccccc1)Nc1nnc2n1CCCC2. The third-order valence-corrected chi connectivity index (χ3v) is 3.59. The molecule has 20 heavy (non-hydrogen) atoms.